The smallest absolute Gasteiger partial charge is 0.393 e. The van der Waals surface area contributed by atoms with Crippen LogP contribution in [0, 0.1) is 5.92 Å². The second kappa shape index (κ2) is 6.43. The van der Waals surface area contributed by atoms with Crippen molar-refractivity contribution in [3.05, 3.63) is 29.6 Å². The van der Waals surface area contributed by atoms with Crippen molar-refractivity contribution in [2.75, 3.05) is 6.54 Å². The number of carbonyl (C=O) groups excluding carboxylic acids is 1. The first-order chi connectivity index (χ1) is 9.86. The van der Waals surface area contributed by atoms with E-state index < -0.39 is 17.8 Å². The summed E-state index contributed by atoms with van der Waals surface area (Å²) >= 11 is 0. The van der Waals surface area contributed by atoms with Crippen LogP contribution in [0.3, 0.4) is 0 Å². The van der Waals surface area contributed by atoms with Gasteiger partial charge in [-0.1, -0.05) is 6.42 Å². The number of aliphatic hydroxyl groups excluding tert-OH is 1. The topological polar surface area (TPSA) is 62.2 Å². The molecule has 1 aliphatic carbocycles. The number of aromatic nitrogens is 1. The number of halogens is 3. The zero-order valence-corrected chi connectivity index (χ0v) is 11.4. The largest absolute Gasteiger partial charge is 0.433 e. The third kappa shape index (κ3) is 4.42. The molecule has 2 N–H and O–H groups in total. The van der Waals surface area contributed by atoms with Gasteiger partial charge in [0.05, 0.1) is 11.7 Å². The Morgan fingerprint density at radius 2 is 2.14 bits per heavy atom. The van der Waals surface area contributed by atoms with Crippen molar-refractivity contribution < 1.29 is 23.1 Å². The third-order valence-electron chi connectivity index (χ3n) is 3.62. The number of amides is 1. The normalized spacial score (nSPS) is 22.9. The van der Waals surface area contributed by atoms with Gasteiger partial charge in [-0.05, 0) is 37.3 Å². The highest BCUT2D eigenvalue weighted by Gasteiger charge is 2.32. The minimum absolute atomic E-state index is 0.0966. The van der Waals surface area contributed by atoms with Crippen molar-refractivity contribution in [2.24, 2.45) is 5.92 Å². The van der Waals surface area contributed by atoms with Crippen LogP contribution in [-0.4, -0.2) is 28.6 Å². The molecule has 1 aliphatic rings. The van der Waals surface area contributed by atoms with Gasteiger partial charge in [0.25, 0.3) is 5.91 Å². The van der Waals surface area contributed by atoms with E-state index in [1.54, 1.807) is 0 Å². The van der Waals surface area contributed by atoms with Gasteiger partial charge >= 0.3 is 6.18 Å². The number of hydrogen-bond acceptors (Lipinski definition) is 3. The van der Waals surface area contributed by atoms with Crippen LogP contribution >= 0.6 is 0 Å². The summed E-state index contributed by atoms with van der Waals surface area (Å²) in [6, 6.07) is 1.90. The predicted octanol–water partition coefficient (Wildman–Crippen LogP) is 2.38. The summed E-state index contributed by atoms with van der Waals surface area (Å²) in [6.07, 6.45) is -0.625. The van der Waals surface area contributed by atoms with Crippen LogP contribution in [0.5, 0.6) is 0 Å². The Morgan fingerprint density at radius 1 is 1.38 bits per heavy atom. The summed E-state index contributed by atoms with van der Waals surface area (Å²) < 4.78 is 37.1. The molecule has 1 heterocycles. The van der Waals surface area contributed by atoms with E-state index in [4.69, 9.17) is 0 Å². The average molecular weight is 302 g/mol. The first-order valence-electron chi connectivity index (χ1n) is 6.86. The zero-order chi connectivity index (χ0) is 15.5. The molecule has 0 radical (unpaired) electrons. The molecule has 21 heavy (non-hydrogen) atoms. The minimum atomic E-state index is -4.51. The van der Waals surface area contributed by atoms with Crippen molar-refractivity contribution in [3.8, 4) is 0 Å². The van der Waals surface area contributed by atoms with Crippen molar-refractivity contribution in [3.63, 3.8) is 0 Å². The van der Waals surface area contributed by atoms with Gasteiger partial charge in [-0.3, -0.25) is 9.78 Å². The van der Waals surface area contributed by atoms with Gasteiger partial charge in [-0.15, -0.1) is 0 Å². The first-order valence-corrected chi connectivity index (χ1v) is 6.86. The summed E-state index contributed by atoms with van der Waals surface area (Å²) in [5.41, 5.74) is -0.922. The molecule has 0 aromatic carbocycles. The van der Waals surface area contributed by atoms with Gasteiger partial charge in [-0.25, -0.2) is 0 Å². The molecule has 0 spiro atoms. The third-order valence-corrected chi connectivity index (χ3v) is 3.62. The maximum atomic E-state index is 12.4. The van der Waals surface area contributed by atoms with Crippen LogP contribution in [-0.2, 0) is 6.18 Å². The van der Waals surface area contributed by atoms with Crippen LogP contribution in [0.15, 0.2) is 18.3 Å². The fraction of sp³-hybridized carbons (Fsp3) is 0.571. The summed E-state index contributed by atoms with van der Waals surface area (Å²) in [5.74, 6) is -0.239. The van der Waals surface area contributed by atoms with E-state index in [0.717, 1.165) is 37.6 Å². The van der Waals surface area contributed by atoms with Crippen LogP contribution in [0.2, 0.25) is 0 Å². The molecule has 7 heteroatoms. The van der Waals surface area contributed by atoms with E-state index in [0.29, 0.717) is 13.0 Å². The Bertz CT molecular complexity index is 488. The molecule has 0 aliphatic heterocycles. The quantitative estimate of drug-likeness (QED) is 0.901. The average Bonchev–Trinajstić information content (AvgIpc) is 2.44. The Balaban J connectivity index is 1.88. The van der Waals surface area contributed by atoms with Crippen LogP contribution in [0.1, 0.15) is 41.7 Å². The predicted molar refractivity (Wildman–Crippen MR) is 69.5 cm³/mol. The Hall–Kier alpha value is -1.63. The maximum absolute atomic E-state index is 12.4. The standard InChI is InChI=1S/C14H17F3N2O2/c15-14(16,17)12-5-4-10(8-18-12)13(21)19-7-9-2-1-3-11(20)6-9/h4-5,8-9,11,20H,1-3,6-7H2,(H,19,21). The SMILES string of the molecule is O=C(NCC1CCCC(O)C1)c1ccc(C(F)(F)F)nc1. The molecule has 2 atom stereocenters. The second-order valence-electron chi connectivity index (χ2n) is 5.33. The number of hydrogen-bond donors (Lipinski definition) is 2. The van der Waals surface area contributed by atoms with Crippen LogP contribution < -0.4 is 5.32 Å². The van der Waals surface area contributed by atoms with E-state index in [1.165, 1.54) is 0 Å². The number of alkyl halides is 3. The molecule has 0 bridgehead atoms. The molecule has 1 amide bonds. The molecular formula is C14H17F3N2O2. The fourth-order valence-electron chi connectivity index (χ4n) is 2.48. The summed E-state index contributed by atoms with van der Waals surface area (Å²) in [4.78, 5) is 15.1. The lowest BCUT2D eigenvalue weighted by atomic mass is 9.87. The fourth-order valence-corrected chi connectivity index (χ4v) is 2.48. The van der Waals surface area contributed by atoms with E-state index in [9.17, 15) is 23.1 Å². The molecule has 2 rings (SSSR count). The van der Waals surface area contributed by atoms with Crippen LogP contribution in [0.4, 0.5) is 13.2 Å². The van der Waals surface area contributed by atoms with Gasteiger partial charge in [0.2, 0.25) is 0 Å². The molecule has 0 saturated heterocycles. The van der Waals surface area contributed by atoms with Gasteiger partial charge < -0.3 is 10.4 Å². The van der Waals surface area contributed by atoms with Gasteiger partial charge in [-0.2, -0.15) is 13.2 Å². The first kappa shape index (κ1) is 15.8. The number of nitrogens with zero attached hydrogens (tertiary/aromatic N) is 1. The van der Waals surface area contributed by atoms with Gasteiger partial charge in [0.15, 0.2) is 0 Å². The lowest BCUT2D eigenvalue weighted by molar-refractivity contribution is -0.141. The number of aliphatic hydroxyl groups is 1. The molecular weight excluding hydrogens is 285 g/mol. The highest BCUT2D eigenvalue weighted by atomic mass is 19.4. The minimum Gasteiger partial charge on any atom is -0.393 e. The summed E-state index contributed by atoms with van der Waals surface area (Å²) in [7, 11) is 0. The zero-order valence-electron chi connectivity index (χ0n) is 11.4. The number of carbonyl (C=O) groups is 1. The summed E-state index contributed by atoms with van der Waals surface area (Å²) in [5, 5.41) is 12.2. The Kier molecular flexibility index (Phi) is 4.82. The number of nitrogens with one attached hydrogen (secondary N) is 1. The molecule has 1 saturated carbocycles. The molecule has 2 unspecified atom stereocenters. The molecule has 1 aromatic heterocycles. The van der Waals surface area contributed by atoms with Crippen molar-refractivity contribution >= 4 is 5.91 Å². The lowest BCUT2D eigenvalue weighted by Gasteiger charge is -2.25. The highest BCUT2D eigenvalue weighted by Crippen LogP contribution is 2.27. The lowest BCUT2D eigenvalue weighted by Crippen LogP contribution is -2.33. The van der Waals surface area contributed by atoms with Gasteiger partial charge in [0.1, 0.15) is 5.69 Å². The molecule has 1 fully saturated rings. The molecule has 1 aromatic rings. The van der Waals surface area contributed by atoms with E-state index in [2.05, 4.69) is 10.3 Å². The summed E-state index contributed by atoms with van der Waals surface area (Å²) in [6.45, 7) is 0.414. The number of rotatable bonds is 3. The van der Waals surface area contributed by atoms with E-state index in [-0.39, 0.29) is 17.6 Å². The van der Waals surface area contributed by atoms with E-state index in [1.807, 2.05) is 0 Å². The van der Waals surface area contributed by atoms with Crippen molar-refractivity contribution in [2.45, 2.75) is 38.0 Å². The van der Waals surface area contributed by atoms with Crippen LogP contribution in [0.25, 0.3) is 0 Å². The second-order valence-corrected chi connectivity index (χ2v) is 5.33. The van der Waals surface area contributed by atoms with E-state index >= 15 is 0 Å². The Labute approximate surface area is 120 Å². The van der Waals surface area contributed by atoms with Crippen molar-refractivity contribution in [1.29, 1.82) is 0 Å². The van der Waals surface area contributed by atoms with Crippen molar-refractivity contribution in [1.82, 2.24) is 10.3 Å². The monoisotopic (exact) mass is 302 g/mol. The highest BCUT2D eigenvalue weighted by molar-refractivity contribution is 5.93. The maximum Gasteiger partial charge on any atom is 0.433 e. The molecule has 4 nitrogen and oxygen atoms in total. The van der Waals surface area contributed by atoms with Gasteiger partial charge in [0, 0.05) is 12.7 Å². The molecule has 116 valence electrons. The number of pyridine rings is 1. The Morgan fingerprint density at radius 3 is 2.71 bits per heavy atom.